The van der Waals surface area contributed by atoms with Crippen LogP contribution in [0.3, 0.4) is 0 Å². The summed E-state index contributed by atoms with van der Waals surface area (Å²) in [5, 5.41) is 2.68. The van der Waals surface area contributed by atoms with Crippen LogP contribution < -0.4 is 14.8 Å². The molecule has 136 valence electrons. The number of rotatable bonds is 9. The van der Waals surface area contributed by atoms with Crippen LogP contribution in [0.15, 0.2) is 18.2 Å². The van der Waals surface area contributed by atoms with E-state index < -0.39 is 10.0 Å². The number of benzene rings is 1. The Labute approximate surface area is 145 Å². The lowest BCUT2D eigenvalue weighted by Crippen LogP contribution is -2.33. The van der Waals surface area contributed by atoms with Crippen LogP contribution in [-0.4, -0.2) is 40.8 Å². The Morgan fingerprint density at radius 1 is 1.29 bits per heavy atom. The lowest BCUT2D eigenvalue weighted by atomic mass is 9.85. The van der Waals surface area contributed by atoms with Gasteiger partial charge in [0.2, 0.25) is 15.9 Å². The molecule has 24 heavy (non-hydrogen) atoms. The fourth-order valence-corrected chi connectivity index (χ4v) is 3.14. The number of carbonyl (C=O) groups excluding carboxylic acids is 1. The third-order valence-corrected chi connectivity index (χ3v) is 5.42. The molecule has 6 nitrogen and oxygen atoms in total. The van der Waals surface area contributed by atoms with Crippen LogP contribution in [0, 0.1) is 12.8 Å². The summed E-state index contributed by atoms with van der Waals surface area (Å²) in [6, 6.07) is 5.94. The fourth-order valence-electron chi connectivity index (χ4n) is 2.57. The summed E-state index contributed by atoms with van der Waals surface area (Å²) in [4.78, 5) is 12.2. The van der Waals surface area contributed by atoms with Crippen molar-refractivity contribution in [2.45, 2.75) is 33.1 Å². The molecule has 0 aliphatic rings. The number of hydrogen-bond donors (Lipinski definition) is 2. The summed E-state index contributed by atoms with van der Waals surface area (Å²) in [6.45, 7) is 6.23. The minimum atomic E-state index is -3.30. The van der Waals surface area contributed by atoms with E-state index in [0.717, 1.165) is 16.9 Å². The van der Waals surface area contributed by atoms with Gasteiger partial charge in [-0.2, -0.15) is 0 Å². The van der Waals surface area contributed by atoms with Crippen LogP contribution in [0.2, 0.25) is 0 Å². The maximum atomic E-state index is 12.2. The quantitative estimate of drug-likeness (QED) is 0.707. The van der Waals surface area contributed by atoms with Gasteiger partial charge < -0.3 is 10.1 Å². The van der Waals surface area contributed by atoms with Gasteiger partial charge in [0, 0.05) is 13.0 Å². The summed E-state index contributed by atoms with van der Waals surface area (Å²) in [5.41, 5.74) is 2.11. The van der Waals surface area contributed by atoms with Gasteiger partial charge in [-0.1, -0.05) is 26.0 Å². The lowest BCUT2D eigenvalue weighted by Gasteiger charge is -2.22. The molecule has 0 bridgehead atoms. The van der Waals surface area contributed by atoms with Crippen molar-refractivity contribution in [3.8, 4) is 5.75 Å². The average Bonchev–Trinajstić information content (AvgIpc) is 2.52. The fraction of sp³-hybridized carbons (Fsp3) is 0.588. The third kappa shape index (κ3) is 6.13. The van der Waals surface area contributed by atoms with E-state index in [4.69, 9.17) is 4.74 Å². The van der Waals surface area contributed by atoms with Crippen molar-refractivity contribution in [2.24, 2.45) is 5.92 Å². The first-order valence-electron chi connectivity index (χ1n) is 8.02. The molecule has 0 heterocycles. The molecule has 7 heteroatoms. The van der Waals surface area contributed by atoms with Gasteiger partial charge in [0.25, 0.3) is 0 Å². The Morgan fingerprint density at radius 2 is 1.96 bits per heavy atom. The summed E-state index contributed by atoms with van der Waals surface area (Å²) in [7, 11) is -0.311. The predicted molar refractivity (Wildman–Crippen MR) is 95.8 cm³/mol. The zero-order valence-corrected chi connectivity index (χ0v) is 15.9. The Morgan fingerprint density at radius 3 is 2.46 bits per heavy atom. The first-order chi connectivity index (χ1) is 11.2. The molecule has 0 aromatic heterocycles. The SMILES string of the molecule is CNS(=O)(=O)CCNC(=O)CC(c1ccc(OC)c(C)c1)C(C)C. The predicted octanol–water partition coefficient (Wildman–Crippen LogP) is 1.80. The molecule has 0 aliphatic carbocycles. The lowest BCUT2D eigenvalue weighted by molar-refractivity contribution is -0.121. The van der Waals surface area contributed by atoms with E-state index in [1.54, 1.807) is 7.11 Å². The molecule has 0 spiro atoms. The topological polar surface area (TPSA) is 84.5 Å². The van der Waals surface area contributed by atoms with Crippen molar-refractivity contribution in [3.05, 3.63) is 29.3 Å². The van der Waals surface area contributed by atoms with E-state index in [0.29, 0.717) is 6.42 Å². The van der Waals surface area contributed by atoms with Crippen molar-refractivity contribution in [3.63, 3.8) is 0 Å². The Balaban J connectivity index is 2.73. The second-order valence-corrected chi connectivity index (χ2v) is 8.20. The van der Waals surface area contributed by atoms with Crippen molar-refractivity contribution >= 4 is 15.9 Å². The molecule has 1 atom stereocenters. The van der Waals surface area contributed by atoms with E-state index in [1.807, 2.05) is 25.1 Å². The van der Waals surface area contributed by atoms with Gasteiger partial charge in [0.05, 0.1) is 12.9 Å². The minimum Gasteiger partial charge on any atom is -0.496 e. The van der Waals surface area contributed by atoms with Crippen LogP contribution in [-0.2, 0) is 14.8 Å². The van der Waals surface area contributed by atoms with E-state index in [2.05, 4.69) is 23.9 Å². The molecule has 0 fully saturated rings. The Hall–Kier alpha value is -1.60. The summed E-state index contributed by atoms with van der Waals surface area (Å²) in [6.07, 6.45) is 0.322. The number of methoxy groups -OCH3 is 1. The molecule has 0 saturated carbocycles. The van der Waals surface area contributed by atoms with Gasteiger partial charge in [0.1, 0.15) is 5.75 Å². The number of carbonyl (C=O) groups is 1. The zero-order valence-electron chi connectivity index (χ0n) is 15.0. The Kier molecular flexibility index (Phi) is 7.69. The highest BCUT2D eigenvalue weighted by Crippen LogP contribution is 2.31. The molecule has 2 N–H and O–H groups in total. The number of nitrogens with one attached hydrogen (secondary N) is 2. The summed E-state index contributed by atoms with van der Waals surface area (Å²) < 4.78 is 30.2. The van der Waals surface area contributed by atoms with Gasteiger partial charge in [-0.25, -0.2) is 13.1 Å². The molecule has 1 rings (SSSR count). The maximum absolute atomic E-state index is 12.2. The summed E-state index contributed by atoms with van der Waals surface area (Å²) >= 11 is 0. The van der Waals surface area contributed by atoms with Crippen molar-refractivity contribution in [2.75, 3.05) is 26.5 Å². The number of amides is 1. The maximum Gasteiger partial charge on any atom is 0.220 e. The van der Waals surface area contributed by atoms with Gasteiger partial charge >= 0.3 is 0 Å². The molecule has 0 aliphatic heterocycles. The second kappa shape index (κ2) is 9.03. The molecular weight excluding hydrogens is 328 g/mol. The van der Waals surface area contributed by atoms with Gasteiger partial charge in [-0.15, -0.1) is 0 Å². The highest BCUT2D eigenvalue weighted by molar-refractivity contribution is 7.89. The normalized spacial score (nSPS) is 12.9. The molecule has 1 aromatic carbocycles. The highest BCUT2D eigenvalue weighted by atomic mass is 32.2. The van der Waals surface area contributed by atoms with Gasteiger partial charge in [-0.05, 0) is 43.0 Å². The van der Waals surface area contributed by atoms with E-state index >= 15 is 0 Å². The van der Waals surface area contributed by atoms with E-state index in [9.17, 15) is 13.2 Å². The number of hydrogen-bond acceptors (Lipinski definition) is 4. The first-order valence-corrected chi connectivity index (χ1v) is 9.67. The standard InChI is InChI=1S/C17H28N2O4S/c1-12(2)15(14-6-7-16(23-5)13(3)10-14)11-17(20)19-8-9-24(21,22)18-4/h6-7,10,12,15,18H,8-9,11H2,1-5H3,(H,19,20). The molecule has 0 radical (unpaired) electrons. The Bertz CT molecular complexity index is 657. The number of ether oxygens (including phenoxy) is 1. The largest absolute Gasteiger partial charge is 0.496 e. The summed E-state index contributed by atoms with van der Waals surface area (Å²) in [5.74, 6) is 0.903. The highest BCUT2D eigenvalue weighted by Gasteiger charge is 2.20. The van der Waals surface area contributed by atoms with E-state index in [-0.39, 0.29) is 30.0 Å². The van der Waals surface area contributed by atoms with Crippen molar-refractivity contribution in [1.29, 1.82) is 0 Å². The van der Waals surface area contributed by atoms with Crippen LogP contribution in [0.1, 0.15) is 37.3 Å². The smallest absolute Gasteiger partial charge is 0.220 e. The first kappa shape index (κ1) is 20.4. The van der Waals surface area contributed by atoms with Crippen LogP contribution >= 0.6 is 0 Å². The molecule has 0 saturated heterocycles. The van der Waals surface area contributed by atoms with Crippen LogP contribution in [0.5, 0.6) is 5.75 Å². The van der Waals surface area contributed by atoms with Crippen molar-refractivity contribution in [1.82, 2.24) is 10.0 Å². The number of sulfonamides is 1. The van der Waals surface area contributed by atoms with Crippen molar-refractivity contribution < 1.29 is 17.9 Å². The molecule has 1 aromatic rings. The van der Waals surface area contributed by atoms with Gasteiger partial charge in [0.15, 0.2) is 0 Å². The third-order valence-electron chi connectivity index (χ3n) is 4.06. The van der Waals surface area contributed by atoms with Gasteiger partial charge in [-0.3, -0.25) is 4.79 Å². The zero-order chi connectivity index (χ0) is 18.3. The van der Waals surface area contributed by atoms with Crippen LogP contribution in [0.25, 0.3) is 0 Å². The van der Waals surface area contributed by atoms with E-state index in [1.165, 1.54) is 7.05 Å². The minimum absolute atomic E-state index is 0.0653. The van der Waals surface area contributed by atoms with Crippen LogP contribution in [0.4, 0.5) is 0 Å². The monoisotopic (exact) mass is 356 g/mol. The average molecular weight is 356 g/mol. The number of aryl methyl sites for hydroxylation is 1. The molecule has 1 amide bonds. The molecular formula is C17H28N2O4S. The second-order valence-electron chi connectivity index (χ2n) is 6.16. The molecule has 1 unspecified atom stereocenters.